The molecule has 2 rings (SSSR count). The van der Waals surface area contributed by atoms with Crippen LogP contribution in [-0.4, -0.2) is 41.0 Å². The molecule has 1 aliphatic heterocycles. The third-order valence-corrected chi connectivity index (χ3v) is 3.31. The van der Waals surface area contributed by atoms with Crippen LogP contribution in [0.2, 0.25) is 0 Å². The van der Waals surface area contributed by atoms with Crippen LogP contribution in [-0.2, 0) is 17.8 Å². The highest BCUT2D eigenvalue weighted by Gasteiger charge is 2.12. The maximum Gasteiger partial charge on any atom is 0.320 e. The highest BCUT2D eigenvalue weighted by Crippen LogP contribution is 2.07. The lowest BCUT2D eigenvalue weighted by molar-refractivity contribution is -0.138. The number of rotatable bonds is 5. The van der Waals surface area contributed by atoms with Crippen LogP contribution >= 0.6 is 0 Å². The van der Waals surface area contributed by atoms with E-state index in [2.05, 4.69) is 20.9 Å². The fourth-order valence-electron chi connectivity index (χ4n) is 1.85. The molecule has 8 heteroatoms. The van der Waals surface area contributed by atoms with E-state index in [-0.39, 0.29) is 0 Å². The Labute approximate surface area is 128 Å². The first-order valence-electron chi connectivity index (χ1n) is 6.88. The minimum absolute atomic E-state index is 0.316. The first-order chi connectivity index (χ1) is 10.5. The number of aliphatic carboxylic acids is 1. The van der Waals surface area contributed by atoms with Gasteiger partial charge in [0.05, 0.1) is 0 Å². The maximum atomic E-state index is 10.7. The Hall–Kier alpha value is -2.61. The van der Waals surface area contributed by atoms with Gasteiger partial charge in [0.15, 0.2) is 0 Å². The second kappa shape index (κ2) is 6.90. The van der Waals surface area contributed by atoms with Gasteiger partial charge in [0.2, 0.25) is 5.96 Å². The summed E-state index contributed by atoms with van der Waals surface area (Å²) in [5, 5.41) is 21.7. The molecule has 0 amide bonds. The predicted octanol–water partition coefficient (Wildman–Crippen LogP) is -0.130. The van der Waals surface area contributed by atoms with Crippen LogP contribution in [0.4, 0.5) is 0 Å². The summed E-state index contributed by atoms with van der Waals surface area (Å²) in [6.45, 7) is 2.44. The fourth-order valence-corrected chi connectivity index (χ4v) is 1.85. The molecule has 0 unspecified atom stereocenters. The number of nitrogens with zero attached hydrogens (tertiary/aromatic N) is 3. The topological polar surface area (TPSA) is 115 Å². The van der Waals surface area contributed by atoms with E-state index < -0.39 is 12.0 Å². The molecule has 1 aromatic carbocycles. The molecule has 0 fully saturated rings. The van der Waals surface area contributed by atoms with Crippen molar-refractivity contribution in [2.45, 2.75) is 25.9 Å². The van der Waals surface area contributed by atoms with Gasteiger partial charge in [-0.05, 0) is 24.5 Å². The molecule has 1 heterocycles. The third-order valence-electron chi connectivity index (χ3n) is 3.31. The molecule has 0 spiro atoms. The molecule has 1 atom stereocenters. The van der Waals surface area contributed by atoms with Gasteiger partial charge in [0, 0.05) is 13.6 Å². The average molecular weight is 304 g/mol. The summed E-state index contributed by atoms with van der Waals surface area (Å²) >= 11 is 0. The molecule has 5 N–H and O–H groups in total. The van der Waals surface area contributed by atoms with Crippen LogP contribution in [0.5, 0.6) is 0 Å². The van der Waals surface area contributed by atoms with Crippen molar-refractivity contribution in [1.29, 1.82) is 0 Å². The minimum Gasteiger partial charge on any atom is -0.480 e. The van der Waals surface area contributed by atoms with Crippen molar-refractivity contribution in [1.82, 2.24) is 15.8 Å². The predicted molar refractivity (Wildman–Crippen MR) is 84.0 cm³/mol. The van der Waals surface area contributed by atoms with Gasteiger partial charge < -0.3 is 16.2 Å². The van der Waals surface area contributed by atoms with Crippen LogP contribution in [0.15, 0.2) is 34.5 Å². The van der Waals surface area contributed by atoms with Gasteiger partial charge in [-0.2, -0.15) is 0 Å². The number of hydrogen-bond acceptors (Lipinski definition) is 7. The summed E-state index contributed by atoms with van der Waals surface area (Å²) in [5.74, 6) is 0.363. The molecule has 0 saturated heterocycles. The molecule has 1 aliphatic rings. The molecular formula is C14H20N6O2. The first kappa shape index (κ1) is 15.8. The van der Waals surface area contributed by atoms with E-state index in [4.69, 9.17) is 10.8 Å². The van der Waals surface area contributed by atoms with Crippen LogP contribution in [0.25, 0.3) is 0 Å². The minimum atomic E-state index is -0.993. The summed E-state index contributed by atoms with van der Waals surface area (Å²) in [7, 11) is 1.86. The second-order valence-electron chi connectivity index (χ2n) is 5.09. The van der Waals surface area contributed by atoms with E-state index in [0.29, 0.717) is 18.9 Å². The van der Waals surface area contributed by atoms with E-state index in [1.807, 2.05) is 38.2 Å². The standard InChI is InChI=1S/C14H20N6O2/c1-9-17-18-14(19-20(9)2)16-8-11-5-3-10(4-6-11)7-12(15)13(21)22/h3-6,12H,7-8,15H2,1-2H3,(H,21,22)(H2,16,18,19)/t12-/m0/s1. The van der Waals surface area contributed by atoms with E-state index in [9.17, 15) is 4.79 Å². The Bertz CT molecular complexity index is 596. The zero-order chi connectivity index (χ0) is 16.1. The third kappa shape index (κ3) is 4.19. The number of nitrogens with one attached hydrogen (secondary N) is 2. The normalized spacial score (nSPS) is 15.5. The lowest BCUT2D eigenvalue weighted by Gasteiger charge is -2.24. The average Bonchev–Trinajstić information content (AvgIpc) is 2.49. The number of hydrogen-bond donors (Lipinski definition) is 4. The van der Waals surface area contributed by atoms with Crippen LogP contribution in [0.3, 0.4) is 0 Å². The zero-order valence-electron chi connectivity index (χ0n) is 12.6. The van der Waals surface area contributed by atoms with Crippen LogP contribution in [0, 0.1) is 0 Å². The number of nitrogens with two attached hydrogens (primary N) is 1. The lowest BCUT2D eigenvalue weighted by atomic mass is 10.0. The largest absolute Gasteiger partial charge is 0.480 e. The monoisotopic (exact) mass is 304 g/mol. The number of benzene rings is 1. The molecule has 8 nitrogen and oxygen atoms in total. The molecule has 1 aromatic rings. The van der Waals surface area contributed by atoms with Crippen molar-refractivity contribution in [3.05, 3.63) is 35.4 Å². The zero-order valence-corrected chi connectivity index (χ0v) is 12.6. The summed E-state index contributed by atoms with van der Waals surface area (Å²) in [4.78, 5) is 10.7. The Morgan fingerprint density at radius 1 is 1.36 bits per heavy atom. The Kier molecular flexibility index (Phi) is 4.95. The molecule has 0 aromatic heterocycles. The van der Waals surface area contributed by atoms with Crippen molar-refractivity contribution in [3.63, 3.8) is 0 Å². The molecule has 22 heavy (non-hydrogen) atoms. The van der Waals surface area contributed by atoms with Crippen LogP contribution in [0.1, 0.15) is 18.1 Å². The van der Waals surface area contributed by atoms with Gasteiger partial charge in [-0.1, -0.05) is 24.3 Å². The molecule has 0 aliphatic carbocycles. The molecule has 0 bridgehead atoms. The van der Waals surface area contributed by atoms with Gasteiger partial charge in [-0.15, -0.1) is 10.2 Å². The number of carboxylic acids is 1. The van der Waals surface area contributed by atoms with Gasteiger partial charge in [0.25, 0.3) is 0 Å². The lowest BCUT2D eigenvalue weighted by Crippen LogP contribution is -2.50. The Morgan fingerprint density at radius 2 is 2.00 bits per heavy atom. The smallest absolute Gasteiger partial charge is 0.320 e. The highest BCUT2D eigenvalue weighted by molar-refractivity contribution is 5.88. The Morgan fingerprint density at radius 3 is 2.59 bits per heavy atom. The van der Waals surface area contributed by atoms with Crippen molar-refractivity contribution in [2.75, 3.05) is 7.05 Å². The molecular weight excluding hydrogens is 284 g/mol. The number of guanidine groups is 1. The number of amidine groups is 1. The van der Waals surface area contributed by atoms with E-state index in [1.54, 1.807) is 5.01 Å². The SMILES string of the molecule is CC1=NN=C(NCc2ccc(C[C@H](N)C(=O)O)cc2)NN1C. The van der Waals surface area contributed by atoms with Crippen molar-refractivity contribution in [3.8, 4) is 0 Å². The van der Waals surface area contributed by atoms with Crippen LogP contribution < -0.4 is 16.5 Å². The van der Waals surface area contributed by atoms with Crippen molar-refractivity contribution in [2.24, 2.45) is 15.9 Å². The number of hydrazine groups is 1. The van der Waals surface area contributed by atoms with Gasteiger partial charge in [-0.25, -0.2) is 0 Å². The van der Waals surface area contributed by atoms with Crippen molar-refractivity contribution < 1.29 is 9.90 Å². The maximum absolute atomic E-state index is 10.7. The highest BCUT2D eigenvalue weighted by atomic mass is 16.4. The summed E-state index contributed by atoms with van der Waals surface area (Å²) in [6.07, 6.45) is 0.316. The Balaban J connectivity index is 1.88. The molecule has 0 saturated carbocycles. The fraction of sp³-hybridized carbons (Fsp3) is 0.357. The van der Waals surface area contributed by atoms with Gasteiger partial charge >= 0.3 is 5.97 Å². The number of carbonyl (C=O) groups is 1. The quantitative estimate of drug-likeness (QED) is 0.602. The first-order valence-corrected chi connectivity index (χ1v) is 6.88. The second-order valence-corrected chi connectivity index (χ2v) is 5.09. The van der Waals surface area contributed by atoms with E-state index >= 15 is 0 Å². The molecule has 0 radical (unpaired) electrons. The van der Waals surface area contributed by atoms with Gasteiger partial charge in [0.1, 0.15) is 11.9 Å². The molecule has 118 valence electrons. The van der Waals surface area contributed by atoms with E-state index in [0.717, 1.165) is 17.0 Å². The van der Waals surface area contributed by atoms with E-state index in [1.165, 1.54) is 0 Å². The summed E-state index contributed by atoms with van der Waals surface area (Å²) in [5.41, 5.74) is 10.5. The summed E-state index contributed by atoms with van der Waals surface area (Å²) < 4.78 is 0. The van der Waals surface area contributed by atoms with Crippen molar-refractivity contribution >= 4 is 17.8 Å². The van der Waals surface area contributed by atoms with Gasteiger partial charge in [-0.3, -0.25) is 15.2 Å². The number of carboxylic acid groups (broad SMARTS) is 1. The summed E-state index contributed by atoms with van der Waals surface area (Å²) in [6, 6.07) is 6.74.